The van der Waals surface area contributed by atoms with E-state index in [2.05, 4.69) is 15.5 Å². The first-order valence-corrected chi connectivity index (χ1v) is 7.65. The summed E-state index contributed by atoms with van der Waals surface area (Å²) in [6.07, 6.45) is 0.672. The number of methoxy groups -OCH3 is 1. The lowest BCUT2D eigenvalue weighted by Crippen LogP contribution is -2.47. The molecule has 1 aromatic heterocycles. The Balaban J connectivity index is 2.06. The third-order valence-electron chi connectivity index (χ3n) is 3.36. The molecule has 0 aliphatic heterocycles. The van der Waals surface area contributed by atoms with Gasteiger partial charge in [0.2, 0.25) is 0 Å². The van der Waals surface area contributed by atoms with Crippen LogP contribution in [0.3, 0.4) is 0 Å². The Morgan fingerprint density at radius 2 is 2.10 bits per heavy atom. The van der Waals surface area contributed by atoms with Crippen LogP contribution in [0.5, 0.6) is 5.75 Å². The van der Waals surface area contributed by atoms with Gasteiger partial charge in [0.1, 0.15) is 15.8 Å². The van der Waals surface area contributed by atoms with Crippen molar-refractivity contribution in [1.82, 2.24) is 15.5 Å². The molecule has 0 amide bonds. The Hall–Kier alpha value is -1.50. The number of nitrogens with zero attached hydrogens (tertiary/aromatic N) is 2. The molecule has 1 unspecified atom stereocenters. The Labute approximate surface area is 129 Å². The lowest BCUT2D eigenvalue weighted by Gasteiger charge is -2.29. The van der Waals surface area contributed by atoms with Gasteiger partial charge < -0.3 is 15.2 Å². The van der Waals surface area contributed by atoms with Gasteiger partial charge in [-0.15, -0.1) is 21.5 Å². The van der Waals surface area contributed by atoms with Crippen molar-refractivity contribution < 1.29 is 9.84 Å². The van der Waals surface area contributed by atoms with Crippen LogP contribution >= 0.6 is 11.3 Å². The number of nitrogens with one attached hydrogen (secondary N) is 1. The number of benzene rings is 1. The molecule has 114 valence electrons. The van der Waals surface area contributed by atoms with Crippen molar-refractivity contribution in [2.45, 2.75) is 32.4 Å². The fourth-order valence-electron chi connectivity index (χ4n) is 2.14. The summed E-state index contributed by atoms with van der Waals surface area (Å²) in [5.41, 5.74) is 0.631. The van der Waals surface area contributed by atoms with E-state index < -0.39 is 5.54 Å². The SMILES string of the molecule is COc1ccccc1CC(C)(CO)NCc1nnc(C)s1. The van der Waals surface area contributed by atoms with Crippen molar-refractivity contribution in [3.05, 3.63) is 39.8 Å². The van der Waals surface area contributed by atoms with Gasteiger partial charge in [-0.1, -0.05) is 18.2 Å². The summed E-state index contributed by atoms with van der Waals surface area (Å²) >= 11 is 1.56. The summed E-state index contributed by atoms with van der Waals surface area (Å²) < 4.78 is 5.37. The van der Waals surface area contributed by atoms with Crippen LogP contribution in [0.4, 0.5) is 0 Å². The van der Waals surface area contributed by atoms with Gasteiger partial charge in [0.15, 0.2) is 0 Å². The molecule has 21 heavy (non-hydrogen) atoms. The van der Waals surface area contributed by atoms with E-state index in [4.69, 9.17) is 4.74 Å². The zero-order chi connectivity index (χ0) is 15.3. The van der Waals surface area contributed by atoms with Crippen LogP contribution in [-0.2, 0) is 13.0 Å². The van der Waals surface area contributed by atoms with Crippen LogP contribution in [0.15, 0.2) is 24.3 Å². The molecule has 0 aliphatic carbocycles. The molecule has 0 fully saturated rings. The largest absolute Gasteiger partial charge is 0.496 e. The maximum Gasteiger partial charge on any atom is 0.131 e. The number of hydrogen-bond acceptors (Lipinski definition) is 6. The third kappa shape index (κ3) is 4.23. The van der Waals surface area contributed by atoms with E-state index >= 15 is 0 Å². The number of para-hydroxylation sites is 1. The monoisotopic (exact) mass is 307 g/mol. The fraction of sp³-hybridized carbons (Fsp3) is 0.467. The number of aryl methyl sites for hydroxylation is 1. The molecule has 1 atom stereocenters. The van der Waals surface area contributed by atoms with Crippen LogP contribution in [0.1, 0.15) is 22.5 Å². The number of aromatic nitrogens is 2. The molecule has 0 saturated carbocycles. The molecule has 0 bridgehead atoms. The molecule has 0 radical (unpaired) electrons. The zero-order valence-electron chi connectivity index (χ0n) is 12.6. The minimum Gasteiger partial charge on any atom is -0.496 e. The maximum atomic E-state index is 9.76. The molecule has 5 nitrogen and oxygen atoms in total. The minimum absolute atomic E-state index is 0.0306. The smallest absolute Gasteiger partial charge is 0.131 e. The standard InChI is InChI=1S/C15H21N3O2S/c1-11-17-18-14(21-11)9-16-15(2,10-19)8-12-6-4-5-7-13(12)20-3/h4-7,16,19H,8-10H2,1-3H3. The van der Waals surface area contributed by atoms with E-state index in [-0.39, 0.29) is 6.61 Å². The Morgan fingerprint density at radius 1 is 1.33 bits per heavy atom. The number of aliphatic hydroxyl groups excluding tert-OH is 1. The number of rotatable bonds is 7. The highest BCUT2D eigenvalue weighted by Gasteiger charge is 2.25. The summed E-state index contributed by atoms with van der Waals surface area (Å²) in [4.78, 5) is 0. The second-order valence-electron chi connectivity index (χ2n) is 5.28. The molecule has 1 aromatic carbocycles. The highest BCUT2D eigenvalue weighted by Crippen LogP contribution is 2.23. The van der Waals surface area contributed by atoms with Crippen molar-refractivity contribution in [1.29, 1.82) is 0 Å². The van der Waals surface area contributed by atoms with E-state index in [1.807, 2.05) is 38.1 Å². The number of aliphatic hydroxyl groups is 1. The Bertz CT molecular complexity index is 588. The molecule has 0 saturated heterocycles. The average Bonchev–Trinajstić information content (AvgIpc) is 2.91. The van der Waals surface area contributed by atoms with Crippen LogP contribution in [0.2, 0.25) is 0 Å². The Morgan fingerprint density at radius 3 is 2.71 bits per heavy atom. The molecule has 2 rings (SSSR count). The summed E-state index contributed by atoms with van der Waals surface area (Å²) in [5.74, 6) is 0.839. The van der Waals surface area contributed by atoms with Gasteiger partial charge in [-0.25, -0.2) is 0 Å². The Kier molecular flexibility index (Phi) is 5.27. The van der Waals surface area contributed by atoms with E-state index in [0.29, 0.717) is 13.0 Å². The third-order valence-corrected chi connectivity index (χ3v) is 4.20. The first-order valence-electron chi connectivity index (χ1n) is 6.83. The van der Waals surface area contributed by atoms with Crippen molar-refractivity contribution in [3.63, 3.8) is 0 Å². The average molecular weight is 307 g/mol. The molecular weight excluding hydrogens is 286 g/mol. The molecule has 6 heteroatoms. The number of hydrogen-bond donors (Lipinski definition) is 2. The second-order valence-corrected chi connectivity index (χ2v) is 6.54. The van der Waals surface area contributed by atoms with Gasteiger partial charge in [-0.3, -0.25) is 0 Å². The summed E-state index contributed by atoms with van der Waals surface area (Å²) in [5, 5.41) is 23.1. The van der Waals surface area contributed by atoms with E-state index in [0.717, 1.165) is 21.3 Å². The van der Waals surface area contributed by atoms with Crippen molar-refractivity contribution in [3.8, 4) is 5.75 Å². The molecule has 2 aromatic rings. The van der Waals surface area contributed by atoms with Gasteiger partial charge in [-0.2, -0.15) is 0 Å². The molecular formula is C15H21N3O2S. The van der Waals surface area contributed by atoms with Crippen LogP contribution in [-0.4, -0.2) is 34.6 Å². The van der Waals surface area contributed by atoms with Gasteiger partial charge in [-0.05, 0) is 31.9 Å². The van der Waals surface area contributed by atoms with Gasteiger partial charge >= 0.3 is 0 Å². The van der Waals surface area contributed by atoms with E-state index in [1.165, 1.54) is 0 Å². The van der Waals surface area contributed by atoms with Gasteiger partial charge in [0.05, 0.1) is 20.3 Å². The fourth-order valence-corrected chi connectivity index (χ4v) is 2.79. The van der Waals surface area contributed by atoms with Crippen molar-refractivity contribution in [2.75, 3.05) is 13.7 Å². The summed E-state index contributed by atoms with van der Waals surface area (Å²) in [6.45, 7) is 4.55. The summed E-state index contributed by atoms with van der Waals surface area (Å²) in [7, 11) is 1.66. The quantitative estimate of drug-likeness (QED) is 0.818. The van der Waals surface area contributed by atoms with Crippen molar-refractivity contribution >= 4 is 11.3 Å². The molecule has 0 spiro atoms. The predicted molar refractivity (Wildman–Crippen MR) is 83.7 cm³/mol. The first kappa shape index (κ1) is 15.9. The van der Waals surface area contributed by atoms with Crippen molar-refractivity contribution in [2.24, 2.45) is 0 Å². The maximum absolute atomic E-state index is 9.76. The van der Waals surface area contributed by atoms with Gasteiger partial charge in [0.25, 0.3) is 0 Å². The molecule has 1 heterocycles. The zero-order valence-corrected chi connectivity index (χ0v) is 13.4. The highest BCUT2D eigenvalue weighted by atomic mass is 32.1. The molecule has 2 N–H and O–H groups in total. The molecule has 0 aliphatic rings. The van der Waals surface area contributed by atoms with E-state index in [1.54, 1.807) is 18.4 Å². The second kappa shape index (κ2) is 6.98. The number of ether oxygens (including phenoxy) is 1. The van der Waals surface area contributed by atoms with Gasteiger partial charge in [0, 0.05) is 5.54 Å². The van der Waals surface area contributed by atoms with E-state index in [9.17, 15) is 5.11 Å². The normalized spacial score (nSPS) is 13.9. The topological polar surface area (TPSA) is 67.3 Å². The van der Waals surface area contributed by atoms with Crippen LogP contribution < -0.4 is 10.1 Å². The van der Waals surface area contributed by atoms with Crippen LogP contribution in [0.25, 0.3) is 0 Å². The lowest BCUT2D eigenvalue weighted by molar-refractivity contribution is 0.171. The minimum atomic E-state index is -0.436. The predicted octanol–water partition coefficient (Wildman–Crippen LogP) is 1.94. The highest BCUT2D eigenvalue weighted by molar-refractivity contribution is 7.11. The summed E-state index contributed by atoms with van der Waals surface area (Å²) in [6, 6.07) is 7.87. The first-order chi connectivity index (χ1) is 10.1. The van der Waals surface area contributed by atoms with Crippen LogP contribution in [0, 0.1) is 6.92 Å². The lowest BCUT2D eigenvalue weighted by atomic mass is 9.93.